The summed E-state index contributed by atoms with van der Waals surface area (Å²) in [5, 5.41) is 8.17. The number of hydrogen-bond donors (Lipinski definition) is 1. The molecule has 8 heteroatoms. The molecule has 4 rings (SSSR count). The number of aromatic nitrogens is 2. The van der Waals surface area contributed by atoms with Crippen LogP contribution in [0, 0.1) is 11.7 Å². The number of halogens is 1. The highest BCUT2D eigenvalue weighted by atomic mass is 19.1. The van der Waals surface area contributed by atoms with Crippen molar-refractivity contribution >= 4 is 24.0 Å². The summed E-state index contributed by atoms with van der Waals surface area (Å²) in [5.41, 5.74) is 1.24. The van der Waals surface area contributed by atoms with Crippen molar-refractivity contribution in [3.8, 4) is 0 Å². The van der Waals surface area contributed by atoms with Crippen molar-refractivity contribution in [2.75, 3.05) is 26.2 Å². The minimum absolute atomic E-state index is 0.0167. The van der Waals surface area contributed by atoms with Crippen LogP contribution in [-0.2, 0) is 11.2 Å². The maximum Gasteiger partial charge on any atom is 0.271 e. The molecule has 2 aromatic rings. The van der Waals surface area contributed by atoms with Crippen LogP contribution in [-0.4, -0.2) is 58.0 Å². The van der Waals surface area contributed by atoms with Gasteiger partial charge in [-0.2, -0.15) is 5.10 Å². The first kappa shape index (κ1) is 22.9. The van der Waals surface area contributed by atoms with E-state index in [1.807, 2.05) is 26.0 Å². The Bertz CT molecular complexity index is 1250. The van der Waals surface area contributed by atoms with Gasteiger partial charge in [0.15, 0.2) is 0 Å². The zero-order valence-corrected chi connectivity index (χ0v) is 19.1. The number of aromatic amines is 1. The first-order valence-electron chi connectivity index (χ1n) is 11.5. The Morgan fingerprint density at radius 1 is 1.09 bits per heavy atom. The molecule has 1 aliphatic carbocycles. The van der Waals surface area contributed by atoms with Crippen LogP contribution in [0.2, 0.25) is 0 Å². The van der Waals surface area contributed by atoms with E-state index in [2.05, 4.69) is 10.2 Å². The standard InChI is InChI=1S/C25H29FN4O3/c1-3-16(2)24(32)29-10-12-30(13-11-29)25(33)20-14-17(8-9-21(20)26)15-22-18-6-4-5-7-19(18)23(31)28-27-22/h6-9,14,16H,3-5,10-13,15H2,1-2H3,(H,28,31)/t16-/m0/s1. The summed E-state index contributed by atoms with van der Waals surface area (Å²) in [4.78, 5) is 40.9. The summed E-state index contributed by atoms with van der Waals surface area (Å²) in [6.45, 7) is 5.55. The number of H-pyrrole nitrogens is 1. The molecule has 33 heavy (non-hydrogen) atoms. The maximum absolute atomic E-state index is 14.6. The van der Waals surface area contributed by atoms with E-state index >= 15 is 0 Å². The van der Waals surface area contributed by atoms with E-state index in [1.165, 1.54) is 6.07 Å². The molecule has 0 saturated carbocycles. The average molecular weight is 453 g/mol. The molecule has 1 aromatic heterocycles. The van der Waals surface area contributed by atoms with Gasteiger partial charge >= 0.3 is 0 Å². The monoisotopic (exact) mass is 452 g/mol. The van der Waals surface area contributed by atoms with Crippen molar-refractivity contribution in [3.05, 3.63) is 61.6 Å². The van der Waals surface area contributed by atoms with Crippen LogP contribution >= 0.6 is 0 Å². The zero-order valence-electron chi connectivity index (χ0n) is 19.1. The highest BCUT2D eigenvalue weighted by Gasteiger charge is 2.28. The number of hydrogen-bond acceptors (Lipinski definition) is 4. The van der Waals surface area contributed by atoms with Crippen LogP contribution in [0.25, 0.3) is 12.2 Å². The van der Waals surface area contributed by atoms with Crippen molar-refractivity contribution in [2.45, 2.75) is 39.5 Å². The third kappa shape index (κ3) is 4.74. The fourth-order valence-electron chi connectivity index (χ4n) is 4.36. The second kappa shape index (κ2) is 9.68. The zero-order chi connectivity index (χ0) is 23.5. The Labute approximate surface area is 191 Å². The summed E-state index contributed by atoms with van der Waals surface area (Å²) in [6, 6.07) is 4.51. The molecule has 0 unspecified atom stereocenters. The van der Waals surface area contributed by atoms with Gasteiger partial charge in [0.05, 0.1) is 11.3 Å². The Balaban J connectivity index is 1.52. The molecule has 1 aromatic carbocycles. The van der Waals surface area contributed by atoms with Gasteiger partial charge in [0.25, 0.3) is 11.5 Å². The number of amides is 2. The Morgan fingerprint density at radius 2 is 1.76 bits per heavy atom. The van der Waals surface area contributed by atoms with E-state index in [1.54, 1.807) is 21.9 Å². The van der Waals surface area contributed by atoms with Crippen molar-refractivity contribution in [1.29, 1.82) is 0 Å². The molecule has 2 heterocycles. The number of carbonyl (C=O) groups excluding carboxylic acids is 2. The third-order valence-electron chi connectivity index (χ3n) is 6.55. The summed E-state index contributed by atoms with van der Waals surface area (Å²) in [5.74, 6) is -0.883. The minimum Gasteiger partial charge on any atom is -0.339 e. The van der Waals surface area contributed by atoms with E-state index in [9.17, 15) is 18.8 Å². The Morgan fingerprint density at radius 3 is 2.45 bits per heavy atom. The highest BCUT2D eigenvalue weighted by molar-refractivity contribution is 5.95. The van der Waals surface area contributed by atoms with Crippen LogP contribution < -0.4 is 16.0 Å². The van der Waals surface area contributed by atoms with Crippen molar-refractivity contribution < 1.29 is 14.0 Å². The lowest BCUT2D eigenvalue weighted by atomic mass is 10.0. The predicted octanol–water partition coefficient (Wildman–Crippen LogP) is 1.19. The van der Waals surface area contributed by atoms with Crippen molar-refractivity contribution in [1.82, 2.24) is 20.0 Å². The van der Waals surface area contributed by atoms with Gasteiger partial charge in [0, 0.05) is 49.0 Å². The van der Waals surface area contributed by atoms with Gasteiger partial charge in [-0.15, -0.1) is 0 Å². The fraction of sp³-hybridized carbons (Fsp3) is 0.440. The second-order valence-corrected chi connectivity index (χ2v) is 8.73. The molecule has 174 valence electrons. The molecule has 1 atom stereocenters. The second-order valence-electron chi connectivity index (χ2n) is 8.73. The van der Waals surface area contributed by atoms with Gasteiger partial charge in [-0.1, -0.05) is 32.1 Å². The van der Waals surface area contributed by atoms with Gasteiger partial charge in [-0.05, 0) is 37.0 Å². The van der Waals surface area contributed by atoms with Gasteiger partial charge in [-0.25, -0.2) is 9.49 Å². The SMILES string of the molecule is CC[C@H](C)C(=O)N1CCN(C(=O)c2cc(Cc3n[nH]c(=O)c4c3=CCCC=4)ccc2F)CC1. The molecule has 1 fully saturated rings. The number of rotatable bonds is 5. The molecule has 2 amide bonds. The summed E-state index contributed by atoms with van der Waals surface area (Å²) < 4.78 is 14.6. The van der Waals surface area contributed by atoms with Gasteiger partial charge in [0.1, 0.15) is 5.82 Å². The number of nitrogens with one attached hydrogen (secondary N) is 1. The number of benzene rings is 1. The van der Waals surface area contributed by atoms with Crippen LogP contribution in [0.1, 0.15) is 54.7 Å². The molecule has 1 saturated heterocycles. The van der Waals surface area contributed by atoms with Gasteiger partial charge in [0.2, 0.25) is 5.91 Å². The normalized spacial score (nSPS) is 16.5. The molecular weight excluding hydrogens is 423 g/mol. The lowest BCUT2D eigenvalue weighted by Gasteiger charge is -2.36. The smallest absolute Gasteiger partial charge is 0.271 e. The average Bonchev–Trinajstić information content (AvgIpc) is 2.85. The molecule has 7 nitrogen and oxygen atoms in total. The van der Waals surface area contributed by atoms with Crippen LogP contribution in [0.3, 0.4) is 0 Å². The molecule has 1 N–H and O–H groups in total. The van der Waals surface area contributed by atoms with E-state index in [-0.39, 0.29) is 28.9 Å². The van der Waals surface area contributed by atoms with Gasteiger partial charge in [-0.3, -0.25) is 14.4 Å². The van der Waals surface area contributed by atoms with E-state index in [0.29, 0.717) is 43.5 Å². The highest BCUT2D eigenvalue weighted by Crippen LogP contribution is 2.17. The number of piperazine rings is 1. The number of fused-ring (bicyclic) bond motifs is 1. The van der Waals surface area contributed by atoms with Crippen LogP contribution in [0.15, 0.2) is 23.0 Å². The topological polar surface area (TPSA) is 86.4 Å². The Hall–Kier alpha value is -3.29. The van der Waals surface area contributed by atoms with E-state index in [4.69, 9.17) is 0 Å². The molecular formula is C25H29FN4O3. The minimum atomic E-state index is -0.571. The van der Waals surface area contributed by atoms with E-state index < -0.39 is 5.82 Å². The first-order valence-corrected chi connectivity index (χ1v) is 11.5. The molecule has 0 radical (unpaired) electrons. The van der Waals surface area contributed by atoms with Crippen LogP contribution in [0.4, 0.5) is 4.39 Å². The summed E-state index contributed by atoms with van der Waals surface area (Å²) in [6.07, 6.45) is 6.71. The number of carbonyl (C=O) groups is 2. The van der Waals surface area contributed by atoms with E-state index in [0.717, 1.165) is 30.0 Å². The lowest BCUT2D eigenvalue weighted by molar-refractivity contribution is -0.136. The molecule has 0 bridgehead atoms. The summed E-state index contributed by atoms with van der Waals surface area (Å²) in [7, 11) is 0. The molecule has 1 aliphatic heterocycles. The van der Waals surface area contributed by atoms with Crippen molar-refractivity contribution in [3.63, 3.8) is 0 Å². The maximum atomic E-state index is 14.6. The largest absolute Gasteiger partial charge is 0.339 e. The number of nitrogens with zero attached hydrogens (tertiary/aromatic N) is 3. The van der Waals surface area contributed by atoms with Crippen molar-refractivity contribution in [2.24, 2.45) is 5.92 Å². The lowest BCUT2D eigenvalue weighted by Crippen LogP contribution is -2.51. The Kier molecular flexibility index (Phi) is 6.72. The summed E-state index contributed by atoms with van der Waals surface area (Å²) >= 11 is 0. The predicted molar refractivity (Wildman–Crippen MR) is 123 cm³/mol. The fourth-order valence-corrected chi connectivity index (χ4v) is 4.36. The quantitative estimate of drug-likeness (QED) is 0.738. The van der Waals surface area contributed by atoms with Crippen LogP contribution in [0.5, 0.6) is 0 Å². The molecule has 2 aliphatic rings. The first-order chi connectivity index (χ1) is 15.9. The van der Waals surface area contributed by atoms with Gasteiger partial charge < -0.3 is 9.80 Å². The molecule has 0 spiro atoms. The third-order valence-corrected chi connectivity index (χ3v) is 6.55.